The third-order valence-electron chi connectivity index (χ3n) is 7.33. The maximum absolute atomic E-state index is 13.9. The predicted octanol–water partition coefficient (Wildman–Crippen LogP) is 2.58. The highest BCUT2D eigenvalue weighted by atomic mass is 16.5. The van der Waals surface area contributed by atoms with Gasteiger partial charge in [0.05, 0.1) is 20.2 Å². The number of phenols is 1. The van der Waals surface area contributed by atoms with E-state index in [0.717, 1.165) is 22.4 Å². The van der Waals surface area contributed by atoms with Crippen molar-refractivity contribution in [2.24, 2.45) is 0 Å². The van der Waals surface area contributed by atoms with Crippen molar-refractivity contribution in [3.63, 3.8) is 0 Å². The Bertz CT molecular complexity index is 1350. The first kappa shape index (κ1) is 27.0. The van der Waals surface area contributed by atoms with E-state index in [1.807, 2.05) is 54.6 Å². The summed E-state index contributed by atoms with van der Waals surface area (Å²) >= 11 is 0. The molecule has 0 radical (unpaired) electrons. The van der Waals surface area contributed by atoms with Crippen molar-refractivity contribution in [2.45, 2.75) is 31.7 Å². The second-order valence-corrected chi connectivity index (χ2v) is 10.0. The van der Waals surface area contributed by atoms with E-state index >= 15 is 0 Å². The van der Waals surface area contributed by atoms with E-state index in [2.05, 4.69) is 5.32 Å². The van der Waals surface area contributed by atoms with Crippen molar-refractivity contribution in [3.05, 3.63) is 95.6 Å². The van der Waals surface area contributed by atoms with E-state index in [-0.39, 0.29) is 49.7 Å². The number of piperazine rings is 1. The monoisotopic (exact) mass is 543 g/mol. The minimum Gasteiger partial charge on any atom is -0.508 e. The number of nitrogens with zero attached hydrogens (tertiary/aromatic N) is 4. The number of fused-ring (bicyclic) bond motifs is 1. The van der Waals surface area contributed by atoms with Crippen LogP contribution in [-0.4, -0.2) is 82.2 Å². The smallest absolute Gasteiger partial charge is 0.334 e. The minimum absolute atomic E-state index is 0.0372. The topological polar surface area (TPSA) is 106 Å². The molecule has 0 saturated carbocycles. The number of hydrazine groups is 1. The second kappa shape index (κ2) is 11.7. The van der Waals surface area contributed by atoms with Gasteiger partial charge in [-0.1, -0.05) is 54.6 Å². The van der Waals surface area contributed by atoms with Crippen LogP contribution in [0.1, 0.15) is 16.7 Å². The molecular weight excluding hydrogens is 510 g/mol. The van der Waals surface area contributed by atoms with Crippen LogP contribution in [0.4, 0.5) is 4.79 Å². The lowest BCUT2D eigenvalue weighted by Gasteiger charge is -2.54. The number of aromatic hydroxyl groups is 1. The van der Waals surface area contributed by atoms with Gasteiger partial charge in [0, 0.05) is 26.6 Å². The molecule has 2 aliphatic rings. The first-order valence-electron chi connectivity index (χ1n) is 13.2. The van der Waals surface area contributed by atoms with Crippen LogP contribution in [0.15, 0.2) is 78.9 Å². The molecule has 2 atom stereocenters. The van der Waals surface area contributed by atoms with Crippen LogP contribution in [0.25, 0.3) is 0 Å². The molecule has 2 saturated heterocycles. The zero-order valence-electron chi connectivity index (χ0n) is 22.6. The van der Waals surface area contributed by atoms with E-state index in [1.54, 1.807) is 58.2 Å². The number of nitrogens with one attached hydrogen (secondary N) is 1. The zero-order valence-corrected chi connectivity index (χ0v) is 22.6. The Hall–Kier alpha value is -4.57. The third kappa shape index (κ3) is 5.72. The normalized spacial score (nSPS) is 19.4. The van der Waals surface area contributed by atoms with Crippen LogP contribution in [0.2, 0.25) is 0 Å². The average molecular weight is 544 g/mol. The van der Waals surface area contributed by atoms with E-state index in [0.29, 0.717) is 6.54 Å². The largest absolute Gasteiger partial charge is 0.508 e. The van der Waals surface area contributed by atoms with Crippen molar-refractivity contribution < 1.29 is 24.2 Å². The van der Waals surface area contributed by atoms with Gasteiger partial charge in [0.15, 0.2) is 0 Å². The fourth-order valence-corrected chi connectivity index (χ4v) is 5.31. The first-order valence-corrected chi connectivity index (χ1v) is 13.2. The Morgan fingerprint density at radius 2 is 1.62 bits per heavy atom. The summed E-state index contributed by atoms with van der Waals surface area (Å²) in [7, 11) is 3.30. The SMILES string of the molecule is COc1ccc(CNC(=O)N2C3CN(Cc4ccccc4)C(=O)[C@H](Cc4ccc(O)cc4)N3C(=O)CN2C)cc1. The van der Waals surface area contributed by atoms with E-state index in [1.165, 1.54) is 0 Å². The molecule has 0 spiro atoms. The van der Waals surface area contributed by atoms with Crippen LogP contribution in [0, 0.1) is 0 Å². The number of ether oxygens (including phenoxy) is 1. The average Bonchev–Trinajstić information content (AvgIpc) is 2.96. The Morgan fingerprint density at radius 3 is 2.30 bits per heavy atom. The van der Waals surface area contributed by atoms with Crippen LogP contribution < -0.4 is 10.1 Å². The molecule has 5 rings (SSSR count). The number of urea groups is 1. The van der Waals surface area contributed by atoms with Gasteiger partial charge in [0.25, 0.3) is 0 Å². The van der Waals surface area contributed by atoms with Crippen molar-refractivity contribution in [3.8, 4) is 11.5 Å². The molecule has 2 aliphatic heterocycles. The van der Waals surface area contributed by atoms with Gasteiger partial charge in [0.2, 0.25) is 11.8 Å². The maximum atomic E-state index is 13.9. The predicted molar refractivity (Wildman–Crippen MR) is 148 cm³/mol. The van der Waals surface area contributed by atoms with Gasteiger partial charge in [-0.2, -0.15) is 0 Å². The summed E-state index contributed by atoms with van der Waals surface area (Å²) in [6.45, 7) is 0.781. The number of methoxy groups -OCH3 is 1. The summed E-state index contributed by atoms with van der Waals surface area (Å²) in [6.07, 6.45) is -0.428. The molecule has 3 aromatic carbocycles. The lowest BCUT2D eigenvalue weighted by molar-refractivity contribution is -0.187. The molecule has 4 amide bonds. The van der Waals surface area contributed by atoms with Crippen LogP contribution >= 0.6 is 0 Å². The van der Waals surface area contributed by atoms with Gasteiger partial charge >= 0.3 is 6.03 Å². The van der Waals surface area contributed by atoms with Crippen LogP contribution in [0.5, 0.6) is 11.5 Å². The van der Waals surface area contributed by atoms with Crippen LogP contribution in [-0.2, 0) is 29.1 Å². The molecule has 2 heterocycles. The molecule has 0 aliphatic carbocycles. The Balaban J connectivity index is 1.42. The number of carbonyl (C=O) groups is 3. The Morgan fingerprint density at radius 1 is 0.950 bits per heavy atom. The van der Waals surface area contributed by atoms with E-state index in [4.69, 9.17) is 4.74 Å². The van der Waals surface area contributed by atoms with Gasteiger partial charge in [0.1, 0.15) is 23.7 Å². The lowest BCUT2D eigenvalue weighted by atomic mass is 9.98. The number of carbonyl (C=O) groups excluding carboxylic acids is 3. The molecule has 0 aromatic heterocycles. The van der Waals surface area contributed by atoms with Gasteiger partial charge in [-0.15, -0.1) is 0 Å². The second-order valence-electron chi connectivity index (χ2n) is 10.0. The summed E-state index contributed by atoms with van der Waals surface area (Å²) in [5.74, 6) is 0.454. The molecule has 10 heteroatoms. The Kier molecular flexibility index (Phi) is 7.88. The molecule has 208 valence electrons. The van der Waals surface area contributed by atoms with Crippen molar-refractivity contribution >= 4 is 17.8 Å². The molecule has 2 fully saturated rings. The van der Waals surface area contributed by atoms with Gasteiger partial charge in [-0.25, -0.2) is 14.8 Å². The van der Waals surface area contributed by atoms with Crippen molar-refractivity contribution in [2.75, 3.05) is 27.2 Å². The maximum Gasteiger partial charge on any atom is 0.334 e. The highest BCUT2D eigenvalue weighted by Gasteiger charge is 2.50. The summed E-state index contributed by atoms with van der Waals surface area (Å²) in [4.78, 5) is 44.2. The number of amides is 4. The fraction of sp³-hybridized carbons (Fsp3) is 0.300. The molecule has 3 aromatic rings. The van der Waals surface area contributed by atoms with Gasteiger partial charge in [-0.3, -0.25) is 9.59 Å². The minimum atomic E-state index is -0.801. The van der Waals surface area contributed by atoms with E-state index < -0.39 is 12.2 Å². The van der Waals surface area contributed by atoms with Gasteiger partial charge < -0.3 is 25.0 Å². The molecule has 40 heavy (non-hydrogen) atoms. The molecule has 2 N–H and O–H groups in total. The number of hydrogen-bond acceptors (Lipinski definition) is 6. The third-order valence-corrected chi connectivity index (χ3v) is 7.33. The summed E-state index contributed by atoms with van der Waals surface area (Å²) in [5, 5.41) is 15.9. The first-order chi connectivity index (χ1) is 19.3. The summed E-state index contributed by atoms with van der Waals surface area (Å²) in [5.41, 5.74) is 2.66. The Labute approximate surface area is 233 Å². The highest BCUT2D eigenvalue weighted by molar-refractivity contribution is 5.91. The number of likely N-dealkylation sites (N-methyl/N-ethyl adjacent to an activating group) is 1. The van der Waals surface area contributed by atoms with Gasteiger partial charge in [-0.05, 0) is 41.0 Å². The number of hydrogen-bond donors (Lipinski definition) is 2. The molecule has 10 nitrogen and oxygen atoms in total. The molecule has 0 bridgehead atoms. The summed E-state index contributed by atoms with van der Waals surface area (Å²) in [6, 6.07) is 22.5. The number of rotatable bonds is 7. The zero-order chi connectivity index (χ0) is 28.2. The molecule has 1 unspecified atom stereocenters. The standard InChI is InChI=1S/C30H33N5O5/c1-32-20-28(37)34-26(16-21-8-12-24(36)13-9-21)29(38)33(18-23-6-4-3-5-7-23)19-27(34)35(32)30(39)31-17-22-10-14-25(40-2)15-11-22/h3-15,26-27,36H,16-20H2,1-2H3,(H,31,39)/t26-,27?/m0/s1. The highest BCUT2D eigenvalue weighted by Crippen LogP contribution is 2.29. The number of benzene rings is 3. The lowest BCUT2D eigenvalue weighted by Crippen LogP contribution is -2.76. The quantitative estimate of drug-likeness (QED) is 0.475. The van der Waals surface area contributed by atoms with Crippen molar-refractivity contribution in [1.29, 1.82) is 0 Å². The fourth-order valence-electron chi connectivity index (χ4n) is 5.31. The summed E-state index contributed by atoms with van der Waals surface area (Å²) < 4.78 is 5.21. The van der Waals surface area contributed by atoms with Crippen molar-refractivity contribution in [1.82, 2.24) is 25.1 Å². The number of phenolic OH excluding ortho intramolecular Hbond substituents is 1. The molecular formula is C30H33N5O5. The van der Waals surface area contributed by atoms with Crippen LogP contribution in [0.3, 0.4) is 0 Å². The van der Waals surface area contributed by atoms with E-state index in [9.17, 15) is 19.5 Å².